The van der Waals surface area contributed by atoms with Gasteiger partial charge in [0.2, 0.25) is 0 Å². The van der Waals surface area contributed by atoms with Crippen LogP contribution >= 0.6 is 0 Å². The molecule has 3 nitrogen and oxygen atoms in total. The van der Waals surface area contributed by atoms with Gasteiger partial charge in [0, 0.05) is 6.54 Å². The molecule has 0 spiro atoms. The van der Waals surface area contributed by atoms with E-state index in [1.54, 1.807) is 0 Å². The molecule has 0 saturated heterocycles. The maximum Gasteiger partial charge on any atom is 0.0948 e. The van der Waals surface area contributed by atoms with E-state index in [4.69, 9.17) is 15.6 Å². The molecule has 1 unspecified atom stereocenters. The summed E-state index contributed by atoms with van der Waals surface area (Å²) in [6.07, 6.45) is -0.115. The van der Waals surface area contributed by atoms with Crippen LogP contribution in [0.2, 0.25) is 0 Å². The van der Waals surface area contributed by atoms with Crippen LogP contribution in [0.3, 0.4) is 0 Å². The Kier molecular flexibility index (Phi) is 4.75. The van der Waals surface area contributed by atoms with E-state index in [0.29, 0.717) is 13.2 Å². The summed E-state index contributed by atoms with van der Waals surface area (Å²) in [6, 6.07) is 6.26. The van der Waals surface area contributed by atoms with Crippen LogP contribution in [-0.2, 0) is 4.74 Å². The Morgan fingerprint density at radius 2 is 1.87 bits per heavy atom. The van der Waals surface area contributed by atoms with Gasteiger partial charge in [-0.05, 0) is 19.4 Å². The Hall–Kier alpha value is -0.900. The Balaban J connectivity index is 2.81. The standard InChI is InChI=1S/C12H19NO2/c1-9-5-10(2)7-11(6-9)12(8-13)15-4-3-14/h5-7,12,14H,3-4,8,13H2,1-2H3. The molecule has 0 heterocycles. The van der Waals surface area contributed by atoms with Gasteiger partial charge in [0.15, 0.2) is 0 Å². The molecule has 0 aliphatic rings. The highest BCUT2D eigenvalue weighted by Crippen LogP contribution is 2.19. The van der Waals surface area contributed by atoms with E-state index in [2.05, 4.69) is 32.0 Å². The minimum Gasteiger partial charge on any atom is -0.394 e. The second-order valence-electron chi connectivity index (χ2n) is 3.74. The summed E-state index contributed by atoms with van der Waals surface area (Å²) < 4.78 is 5.46. The topological polar surface area (TPSA) is 55.5 Å². The van der Waals surface area contributed by atoms with Crippen LogP contribution in [0.25, 0.3) is 0 Å². The van der Waals surface area contributed by atoms with Crippen LogP contribution in [0.5, 0.6) is 0 Å². The van der Waals surface area contributed by atoms with Gasteiger partial charge in [-0.2, -0.15) is 0 Å². The van der Waals surface area contributed by atoms with Crippen molar-refractivity contribution in [2.24, 2.45) is 5.73 Å². The zero-order valence-corrected chi connectivity index (χ0v) is 9.36. The monoisotopic (exact) mass is 209 g/mol. The van der Waals surface area contributed by atoms with Crippen molar-refractivity contribution in [1.82, 2.24) is 0 Å². The van der Waals surface area contributed by atoms with Crippen molar-refractivity contribution in [1.29, 1.82) is 0 Å². The number of nitrogens with two attached hydrogens (primary N) is 1. The highest BCUT2D eigenvalue weighted by molar-refractivity contribution is 5.30. The van der Waals surface area contributed by atoms with E-state index >= 15 is 0 Å². The summed E-state index contributed by atoms with van der Waals surface area (Å²) >= 11 is 0. The van der Waals surface area contributed by atoms with Crippen molar-refractivity contribution < 1.29 is 9.84 Å². The first-order valence-electron chi connectivity index (χ1n) is 5.18. The molecule has 84 valence electrons. The van der Waals surface area contributed by atoms with Gasteiger partial charge in [0.05, 0.1) is 19.3 Å². The Morgan fingerprint density at radius 1 is 1.27 bits per heavy atom. The molecular weight excluding hydrogens is 190 g/mol. The first-order chi connectivity index (χ1) is 7.17. The molecule has 0 aromatic heterocycles. The van der Waals surface area contributed by atoms with Crippen molar-refractivity contribution in [3.63, 3.8) is 0 Å². The molecule has 15 heavy (non-hydrogen) atoms. The maximum atomic E-state index is 8.70. The number of hydrogen-bond acceptors (Lipinski definition) is 3. The fourth-order valence-corrected chi connectivity index (χ4v) is 1.69. The van der Waals surface area contributed by atoms with Gasteiger partial charge in [-0.1, -0.05) is 29.3 Å². The van der Waals surface area contributed by atoms with E-state index in [1.807, 2.05) is 0 Å². The lowest BCUT2D eigenvalue weighted by Crippen LogP contribution is -2.17. The molecular formula is C12H19NO2. The number of aliphatic hydroxyl groups excluding tert-OH is 1. The summed E-state index contributed by atoms with van der Waals surface area (Å²) in [6.45, 7) is 4.89. The molecule has 1 atom stereocenters. The van der Waals surface area contributed by atoms with Crippen LogP contribution in [-0.4, -0.2) is 24.9 Å². The largest absolute Gasteiger partial charge is 0.394 e. The molecule has 1 rings (SSSR count). The minimum atomic E-state index is -0.115. The van der Waals surface area contributed by atoms with Gasteiger partial charge in [-0.25, -0.2) is 0 Å². The molecule has 1 aromatic rings. The summed E-state index contributed by atoms with van der Waals surface area (Å²) in [5.74, 6) is 0. The van der Waals surface area contributed by atoms with Crippen molar-refractivity contribution in [2.75, 3.05) is 19.8 Å². The Morgan fingerprint density at radius 3 is 2.33 bits per heavy atom. The van der Waals surface area contributed by atoms with Crippen molar-refractivity contribution in [3.8, 4) is 0 Å². The first-order valence-corrected chi connectivity index (χ1v) is 5.18. The number of benzene rings is 1. The highest BCUT2D eigenvalue weighted by Gasteiger charge is 2.10. The lowest BCUT2D eigenvalue weighted by Gasteiger charge is -2.17. The predicted molar refractivity (Wildman–Crippen MR) is 60.7 cm³/mol. The third kappa shape index (κ3) is 3.63. The van der Waals surface area contributed by atoms with Crippen molar-refractivity contribution >= 4 is 0 Å². The summed E-state index contributed by atoms with van der Waals surface area (Å²) in [5, 5.41) is 8.70. The Labute approximate surface area is 90.9 Å². The molecule has 0 fully saturated rings. The van der Waals surface area contributed by atoms with Gasteiger partial charge in [0.1, 0.15) is 0 Å². The lowest BCUT2D eigenvalue weighted by molar-refractivity contribution is 0.0328. The molecule has 0 saturated carbocycles. The van der Waals surface area contributed by atoms with E-state index in [9.17, 15) is 0 Å². The van der Waals surface area contributed by atoms with Crippen LogP contribution in [0.15, 0.2) is 18.2 Å². The highest BCUT2D eigenvalue weighted by atomic mass is 16.5. The van der Waals surface area contributed by atoms with E-state index in [1.165, 1.54) is 11.1 Å². The van der Waals surface area contributed by atoms with Crippen LogP contribution in [0.4, 0.5) is 0 Å². The van der Waals surface area contributed by atoms with E-state index in [0.717, 1.165) is 5.56 Å². The van der Waals surface area contributed by atoms with Crippen LogP contribution in [0.1, 0.15) is 22.8 Å². The smallest absolute Gasteiger partial charge is 0.0948 e. The minimum absolute atomic E-state index is 0.0291. The van der Waals surface area contributed by atoms with Crippen LogP contribution in [0, 0.1) is 13.8 Å². The molecule has 3 heteroatoms. The molecule has 0 aliphatic heterocycles. The number of rotatable bonds is 5. The molecule has 0 amide bonds. The maximum absolute atomic E-state index is 8.70. The fourth-order valence-electron chi connectivity index (χ4n) is 1.69. The van der Waals surface area contributed by atoms with E-state index in [-0.39, 0.29) is 12.7 Å². The fraction of sp³-hybridized carbons (Fsp3) is 0.500. The molecule has 0 radical (unpaired) electrons. The zero-order valence-electron chi connectivity index (χ0n) is 9.36. The number of hydrogen-bond donors (Lipinski definition) is 2. The average molecular weight is 209 g/mol. The van der Waals surface area contributed by atoms with Gasteiger partial charge in [0.25, 0.3) is 0 Å². The molecule has 3 N–H and O–H groups in total. The van der Waals surface area contributed by atoms with E-state index < -0.39 is 0 Å². The molecule has 0 aliphatic carbocycles. The molecule has 0 bridgehead atoms. The zero-order chi connectivity index (χ0) is 11.3. The second kappa shape index (κ2) is 5.85. The Bertz CT molecular complexity index is 292. The van der Waals surface area contributed by atoms with Gasteiger partial charge >= 0.3 is 0 Å². The summed E-state index contributed by atoms with van der Waals surface area (Å²) in [5.41, 5.74) is 9.13. The quantitative estimate of drug-likeness (QED) is 0.768. The number of aryl methyl sites for hydroxylation is 2. The third-order valence-corrected chi connectivity index (χ3v) is 2.24. The van der Waals surface area contributed by atoms with Crippen LogP contribution < -0.4 is 5.73 Å². The normalized spacial score (nSPS) is 12.8. The molecule has 1 aromatic carbocycles. The number of aliphatic hydroxyl groups is 1. The predicted octanol–water partition coefficient (Wildman–Crippen LogP) is 1.31. The van der Waals surface area contributed by atoms with Crippen molar-refractivity contribution in [2.45, 2.75) is 20.0 Å². The van der Waals surface area contributed by atoms with Gasteiger partial charge in [-0.3, -0.25) is 0 Å². The summed E-state index contributed by atoms with van der Waals surface area (Å²) in [4.78, 5) is 0. The van der Waals surface area contributed by atoms with Crippen molar-refractivity contribution in [3.05, 3.63) is 34.9 Å². The average Bonchev–Trinajstić information content (AvgIpc) is 2.17. The van der Waals surface area contributed by atoms with Gasteiger partial charge < -0.3 is 15.6 Å². The SMILES string of the molecule is Cc1cc(C)cc(C(CN)OCCO)c1. The first kappa shape index (κ1) is 12.2. The second-order valence-corrected chi connectivity index (χ2v) is 3.74. The lowest BCUT2D eigenvalue weighted by atomic mass is 10.0. The summed E-state index contributed by atoms with van der Waals surface area (Å²) in [7, 11) is 0. The number of ether oxygens (including phenoxy) is 1. The van der Waals surface area contributed by atoms with Gasteiger partial charge in [-0.15, -0.1) is 0 Å². The third-order valence-electron chi connectivity index (χ3n) is 2.24.